The second-order valence-electron chi connectivity index (χ2n) is 8.65. The van der Waals surface area contributed by atoms with Gasteiger partial charge < -0.3 is 5.11 Å². The molecule has 0 bridgehead atoms. The molecule has 8 heteroatoms. The van der Waals surface area contributed by atoms with Gasteiger partial charge in [-0.3, -0.25) is 0 Å². The Labute approximate surface area is 179 Å². The molecule has 170 valence electrons. The summed E-state index contributed by atoms with van der Waals surface area (Å²) in [6.45, 7) is 9.83. The van der Waals surface area contributed by atoms with Crippen molar-refractivity contribution in [2.24, 2.45) is 0 Å². The highest BCUT2D eigenvalue weighted by Crippen LogP contribution is 2.51. The largest absolute Gasteiger partial charge is 0.425 e. The molecular weight excluding hydrogens is 417 g/mol. The van der Waals surface area contributed by atoms with Crippen molar-refractivity contribution >= 4 is 17.6 Å². The molecule has 0 saturated heterocycles. The molecule has 0 aromatic heterocycles. The van der Waals surface area contributed by atoms with E-state index in [0.29, 0.717) is 33.2 Å². The third-order valence-corrected chi connectivity index (χ3v) is 6.12. The van der Waals surface area contributed by atoms with Crippen LogP contribution in [0.3, 0.4) is 0 Å². The van der Waals surface area contributed by atoms with Crippen LogP contribution in [0.25, 0.3) is 0 Å². The molecule has 0 amide bonds. The zero-order chi connectivity index (χ0) is 24.1. The molecule has 0 fully saturated rings. The Balaban J connectivity index is 2.97. The number of benzene rings is 2. The fourth-order valence-electron chi connectivity index (χ4n) is 4.93. The van der Waals surface area contributed by atoms with Gasteiger partial charge in [0.15, 0.2) is 0 Å². The van der Waals surface area contributed by atoms with Gasteiger partial charge in [0.1, 0.15) is 0 Å². The van der Waals surface area contributed by atoms with E-state index in [-0.39, 0.29) is 0 Å². The number of aliphatic hydroxyl groups is 1. The predicted molar refractivity (Wildman–Crippen MR) is 113 cm³/mol. The number of rotatable bonds is 4. The van der Waals surface area contributed by atoms with Gasteiger partial charge >= 0.3 is 12.4 Å². The lowest BCUT2D eigenvalue weighted by Crippen LogP contribution is -2.66. The summed E-state index contributed by atoms with van der Waals surface area (Å²) in [6.07, 6.45) is -11.8. The van der Waals surface area contributed by atoms with Gasteiger partial charge in [0.25, 0.3) is 5.60 Å². The molecule has 0 saturated carbocycles. The van der Waals surface area contributed by atoms with Crippen LogP contribution in [0, 0.1) is 41.5 Å². The molecule has 31 heavy (non-hydrogen) atoms. The summed E-state index contributed by atoms with van der Waals surface area (Å²) in [5, 5.41) is 10.3. The zero-order valence-corrected chi connectivity index (χ0v) is 18.7. The first-order valence-corrected chi connectivity index (χ1v) is 9.94. The number of hydrogen-bond donors (Lipinski definition) is 1. The SMILES string of the molecule is Cc1cc(C)c(B(c2c(C)cc(C)cc2C)[C@@H](C)C(O)(C(F)(F)F)C(F)(F)F)c(C)c1. The van der Waals surface area contributed by atoms with Crippen LogP contribution >= 0.6 is 0 Å². The Bertz CT molecular complexity index is 859. The second-order valence-corrected chi connectivity index (χ2v) is 8.65. The maximum atomic E-state index is 13.8. The number of aryl methyl sites for hydroxylation is 6. The normalized spacial score (nSPS) is 14.0. The molecular formula is C23H27BF6O. The molecule has 0 heterocycles. The third-order valence-electron chi connectivity index (χ3n) is 6.12. The number of alkyl halides is 6. The summed E-state index contributed by atoms with van der Waals surface area (Å²) in [5.41, 5.74) is -0.0891. The Morgan fingerprint density at radius 2 is 0.903 bits per heavy atom. The summed E-state index contributed by atoms with van der Waals surface area (Å²) < 4.78 is 82.8. The average molecular weight is 444 g/mol. The summed E-state index contributed by atoms with van der Waals surface area (Å²) in [5.74, 6) is -2.23. The lowest BCUT2D eigenvalue weighted by molar-refractivity contribution is -0.368. The van der Waals surface area contributed by atoms with Crippen molar-refractivity contribution in [3.63, 3.8) is 0 Å². The van der Waals surface area contributed by atoms with Crippen LogP contribution in [-0.4, -0.2) is 29.8 Å². The molecule has 1 N–H and O–H groups in total. The second kappa shape index (κ2) is 8.19. The van der Waals surface area contributed by atoms with Gasteiger partial charge in [-0.05, 0) is 47.4 Å². The molecule has 2 rings (SSSR count). The van der Waals surface area contributed by atoms with E-state index in [1.54, 1.807) is 52.0 Å². The average Bonchev–Trinajstić information content (AvgIpc) is 2.55. The van der Waals surface area contributed by atoms with Crippen LogP contribution in [0.1, 0.15) is 40.3 Å². The zero-order valence-electron chi connectivity index (χ0n) is 18.7. The summed E-state index contributed by atoms with van der Waals surface area (Å²) in [7, 11) is 0. The highest BCUT2D eigenvalue weighted by molar-refractivity contribution is 6.87. The van der Waals surface area contributed by atoms with Gasteiger partial charge in [-0.1, -0.05) is 75.5 Å². The first-order chi connectivity index (χ1) is 13.9. The van der Waals surface area contributed by atoms with Gasteiger partial charge in [-0.25, -0.2) is 0 Å². The Hall–Kier alpha value is -1.96. The third kappa shape index (κ3) is 4.36. The highest BCUT2D eigenvalue weighted by atomic mass is 19.4. The monoisotopic (exact) mass is 444 g/mol. The van der Waals surface area contributed by atoms with Crippen LogP contribution in [0.2, 0.25) is 5.82 Å². The van der Waals surface area contributed by atoms with Gasteiger partial charge in [0.05, 0.1) is 0 Å². The molecule has 0 radical (unpaired) electrons. The lowest BCUT2D eigenvalue weighted by Gasteiger charge is -2.41. The number of hydrogen-bond acceptors (Lipinski definition) is 1. The minimum absolute atomic E-state index is 0.375. The summed E-state index contributed by atoms with van der Waals surface area (Å²) in [6, 6.07) is 6.95. The van der Waals surface area contributed by atoms with Crippen molar-refractivity contribution < 1.29 is 31.4 Å². The minimum Gasteiger partial charge on any atom is -0.374 e. The van der Waals surface area contributed by atoms with Crippen molar-refractivity contribution in [2.75, 3.05) is 0 Å². The maximum absolute atomic E-state index is 13.8. The van der Waals surface area contributed by atoms with E-state index in [1.165, 1.54) is 0 Å². The van der Waals surface area contributed by atoms with E-state index in [0.717, 1.165) is 18.1 Å². The van der Waals surface area contributed by atoms with Crippen LogP contribution in [0.4, 0.5) is 26.3 Å². The van der Waals surface area contributed by atoms with E-state index in [1.807, 2.05) is 13.8 Å². The molecule has 1 nitrogen and oxygen atoms in total. The molecule has 0 unspecified atom stereocenters. The van der Waals surface area contributed by atoms with E-state index in [9.17, 15) is 31.4 Å². The first kappa shape index (κ1) is 25.3. The van der Waals surface area contributed by atoms with Crippen molar-refractivity contribution in [1.82, 2.24) is 0 Å². The van der Waals surface area contributed by atoms with Crippen LogP contribution in [-0.2, 0) is 0 Å². The minimum atomic E-state index is -5.90. The molecule has 1 atom stereocenters. The smallest absolute Gasteiger partial charge is 0.374 e. The summed E-state index contributed by atoms with van der Waals surface area (Å²) in [4.78, 5) is 0. The van der Waals surface area contributed by atoms with Crippen molar-refractivity contribution in [3.05, 3.63) is 57.6 Å². The molecule has 2 aromatic rings. The lowest BCUT2D eigenvalue weighted by atomic mass is 9.29. The van der Waals surface area contributed by atoms with Crippen LogP contribution in [0.5, 0.6) is 0 Å². The fraction of sp³-hybridized carbons (Fsp3) is 0.478. The first-order valence-electron chi connectivity index (χ1n) is 9.94. The number of halogens is 6. The topological polar surface area (TPSA) is 20.2 Å². The molecule has 0 aliphatic heterocycles. The van der Waals surface area contributed by atoms with E-state index >= 15 is 0 Å². The van der Waals surface area contributed by atoms with Crippen LogP contribution < -0.4 is 10.9 Å². The maximum Gasteiger partial charge on any atom is 0.425 e. The Morgan fingerprint density at radius 1 is 0.645 bits per heavy atom. The van der Waals surface area contributed by atoms with E-state index in [2.05, 4.69) is 0 Å². The van der Waals surface area contributed by atoms with Crippen LogP contribution in [0.15, 0.2) is 24.3 Å². The van der Waals surface area contributed by atoms with Gasteiger partial charge in [-0.2, -0.15) is 26.3 Å². The quantitative estimate of drug-likeness (QED) is 0.495. The van der Waals surface area contributed by atoms with E-state index < -0.39 is 30.5 Å². The van der Waals surface area contributed by atoms with Gasteiger partial charge in [0.2, 0.25) is 6.71 Å². The molecule has 0 aliphatic rings. The van der Waals surface area contributed by atoms with Crippen molar-refractivity contribution in [1.29, 1.82) is 0 Å². The standard InChI is InChI=1S/C23H27BF6O/c1-12-8-14(3)19(15(4)9-12)24(20-16(5)10-13(2)11-17(20)6)18(7)21(31,22(25,26)27)23(28,29)30/h8-11,18,31H,1-7H3/t18-/m0/s1. The van der Waals surface area contributed by atoms with Gasteiger partial charge in [-0.15, -0.1) is 0 Å². The van der Waals surface area contributed by atoms with Crippen molar-refractivity contribution in [2.45, 2.75) is 72.2 Å². The molecule has 0 aliphatic carbocycles. The predicted octanol–water partition coefficient (Wildman–Crippen LogP) is 5.39. The highest BCUT2D eigenvalue weighted by Gasteiger charge is 2.74. The summed E-state index contributed by atoms with van der Waals surface area (Å²) >= 11 is 0. The Kier molecular flexibility index (Phi) is 6.69. The van der Waals surface area contributed by atoms with Gasteiger partial charge in [0, 0.05) is 0 Å². The molecule has 0 spiro atoms. The molecule has 2 aromatic carbocycles. The van der Waals surface area contributed by atoms with E-state index in [4.69, 9.17) is 0 Å². The Morgan fingerprint density at radius 3 is 1.13 bits per heavy atom. The van der Waals surface area contributed by atoms with Crippen molar-refractivity contribution in [3.8, 4) is 0 Å². The fourth-order valence-corrected chi connectivity index (χ4v) is 4.93.